The normalized spacial score (nSPS) is 14.3. The van der Waals surface area contributed by atoms with E-state index in [0.29, 0.717) is 0 Å². The highest BCUT2D eigenvalue weighted by atomic mass is 16.4. The molecule has 1 fully saturated rings. The summed E-state index contributed by atoms with van der Waals surface area (Å²) in [6, 6.07) is 5.74. The van der Waals surface area contributed by atoms with Gasteiger partial charge in [-0.25, -0.2) is 0 Å². The molecule has 0 aliphatic carbocycles. The maximum atomic E-state index is 11.9. The van der Waals surface area contributed by atoms with Gasteiger partial charge in [0.25, 0.3) is 0 Å². The first-order chi connectivity index (χ1) is 11.4. The minimum Gasteiger partial charge on any atom is -0.403 e. The van der Waals surface area contributed by atoms with Crippen molar-refractivity contribution in [1.82, 2.24) is 15.1 Å². The van der Waals surface area contributed by atoms with Gasteiger partial charge in [-0.1, -0.05) is 22.3 Å². The highest BCUT2D eigenvalue weighted by Gasteiger charge is 2.30. The van der Waals surface area contributed by atoms with Crippen molar-refractivity contribution in [3.05, 3.63) is 29.3 Å². The van der Waals surface area contributed by atoms with Crippen LogP contribution >= 0.6 is 0 Å². The molecule has 1 aromatic heterocycles. The number of amides is 3. The van der Waals surface area contributed by atoms with E-state index in [9.17, 15) is 14.4 Å². The molecule has 1 aromatic carbocycles. The number of hydrogen-bond donors (Lipinski definition) is 1. The molecule has 0 saturated carbocycles. The highest BCUT2D eigenvalue weighted by molar-refractivity contribution is 6.05. The van der Waals surface area contributed by atoms with Gasteiger partial charge in [-0.15, -0.1) is 5.10 Å². The molecule has 3 amide bonds. The quantitative estimate of drug-likeness (QED) is 0.851. The first-order valence-electron chi connectivity index (χ1n) is 7.47. The fourth-order valence-corrected chi connectivity index (χ4v) is 2.59. The average molecular weight is 328 g/mol. The zero-order valence-electron chi connectivity index (χ0n) is 13.3. The Balaban J connectivity index is 1.68. The molecule has 3 rings (SSSR count). The molecule has 0 unspecified atom stereocenters. The van der Waals surface area contributed by atoms with Crippen LogP contribution in [-0.2, 0) is 14.4 Å². The summed E-state index contributed by atoms with van der Waals surface area (Å²) >= 11 is 0. The van der Waals surface area contributed by atoms with Crippen molar-refractivity contribution >= 4 is 23.7 Å². The second kappa shape index (κ2) is 6.23. The van der Waals surface area contributed by atoms with Gasteiger partial charge >= 0.3 is 6.01 Å². The standard InChI is InChI=1S/C16H16N4O4/c1-9-5-10(2)7-11(6-9)15-18-19-16(24-15)17-12(21)8-20-13(22)3-4-14(20)23/h5-7H,3-4,8H2,1-2H3,(H,17,19,21). The zero-order chi connectivity index (χ0) is 17.3. The van der Waals surface area contributed by atoms with Crippen molar-refractivity contribution in [3.8, 4) is 11.5 Å². The Bertz CT molecular complexity index is 791. The number of nitrogens with zero attached hydrogens (tertiary/aromatic N) is 3. The Morgan fingerprint density at radius 2 is 1.75 bits per heavy atom. The highest BCUT2D eigenvalue weighted by Crippen LogP contribution is 2.22. The lowest BCUT2D eigenvalue weighted by Gasteiger charge is -2.11. The fourth-order valence-electron chi connectivity index (χ4n) is 2.59. The van der Waals surface area contributed by atoms with Crippen LogP contribution in [0.1, 0.15) is 24.0 Å². The van der Waals surface area contributed by atoms with E-state index in [1.54, 1.807) is 0 Å². The van der Waals surface area contributed by atoms with E-state index in [0.717, 1.165) is 21.6 Å². The molecular formula is C16H16N4O4. The summed E-state index contributed by atoms with van der Waals surface area (Å²) < 4.78 is 5.43. The summed E-state index contributed by atoms with van der Waals surface area (Å²) in [5, 5.41) is 10.1. The van der Waals surface area contributed by atoms with Crippen LogP contribution in [0.4, 0.5) is 6.01 Å². The Morgan fingerprint density at radius 1 is 1.12 bits per heavy atom. The van der Waals surface area contributed by atoms with Gasteiger partial charge in [-0.05, 0) is 26.0 Å². The maximum Gasteiger partial charge on any atom is 0.322 e. The third-order valence-electron chi connectivity index (χ3n) is 3.60. The van der Waals surface area contributed by atoms with Gasteiger partial charge in [0.1, 0.15) is 6.54 Å². The molecular weight excluding hydrogens is 312 g/mol. The molecule has 24 heavy (non-hydrogen) atoms. The number of likely N-dealkylation sites (tertiary alicyclic amines) is 1. The van der Waals surface area contributed by atoms with Gasteiger partial charge in [0, 0.05) is 18.4 Å². The molecule has 124 valence electrons. The van der Waals surface area contributed by atoms with E-state index in [-0.39, 0.29) is 43.1 Å². The molecule has 1 aliphatic heterocycles. The van der Waals surface area contributed by atoms with Gasteiger partial charge in [-0.3, -0.25) is 24.6 Å². The molecule has 8 nitrogen and oxygen atoms in total. The average Bonchev–Trinajstić information content (AvgIpc) is 3.08. The predicted molar refractivity (Wildman–Crippen MR) is 83.8 cm³/mol. The number of carbonyl (C=O) groups excluding carboxylic acids is 3. The van der Waals surface area contributed by atoms with E-state index >= 15 is 0 Å². The van der Waals surface area contributed by atoms with Crippen LogP contribution in [-0.4, -0.2) is 39.4 Å². The van der Waals surface area contributed by atoms with Crippen molar-refractivity contribution in [2.45, 2.75) is 26.7 Å². The van der Waals surface area contributed by atoms with Crippen LogP contribution in [0.5, 0.6) is 0 Å². The summed E-state index contributed by atoms with van der Waals surface area (Å²) in [6.45, 7) is 3.57. The van der Waals surface area contributed by atoms with Crippen LogP contribution in [0.15, 0.2) is 22.6 Å². The Kier molecular flexibility index (Phi) is 4.11. The monoisotopic (exact) mass is 328 g/mol. The third-order valence-corrected chi connectivity index (χ3v) is 3.60. The molecule has 0 bridgehead atoms. The Hall–Kier alpha value is -3.03. The first kappa shape index (κ1) is 15.9. The third kappa shape index (κ3) is 3.32. The van der Waals surface area contributed by atoms with Crippen LogP contribution in [0.25, 0.3) is 11.5 Å². The number of benzene rings is 1. The second-order valence-electron chi connectivity index (χ2n) is 5.71. The fraction of sp³-hybridized carbons (Fsp3) is 0.312. The topological polar surface area (TPSA) is 105 Å². The van der Waals surface area contributed by atoms with Gasteiger partial charge in [0.05, 0.1) is 0 Å². The van der Waals surface area contributed by atoms with Crippen molar-refractivity contribution in [1.29, 1.82) is 0 Å². The molecule has 0 radical (unpaired) electrons. The van der Waals surface area contributed by atoms with Crippen molar-refractivity contribution in [3.63, 3.8) is 0 Å². The molecule has 1 aliphatic rings. The number of imide groups is 1. The molecule has 1 N–H and O–H groups in total. The summed E-state index contributed by atoms with van der Waals surface area (Å²) in [4.78, 5) is 35.9. The minimum absolute atomic E-state index is 0.0757. The Morgan fingerprint density at radius 3 is 2.38 bits per heavy atom. The van der Waals surface area contributed by atoms with Gasteiger partial charge in [0.2, 0.25) is 23.6 Å². The number of nitrogens with one attached hydrogen (secondary N) is 1. The maximum absolute atomic E-state index is 11.9. The predicted octanol–water partition coefficient (Wildman–Crippen LogP) is 1.44. The molecule has 1 saturated heterocycles. The molecule has 2 aromatic rings. The largest absolute Gasteiger partial charge is 0.403 e. The van der Waals surface area contributed by atoms with Gasteiger partial charge in [-0.2, -0.15) is 0 Å². The van der Waals surface area contributed by atoms with Crippen LogP contribution in [0.3, 0.4) is 0 Å². The lowest BCUT2D eigenvalue weighted by atomic mass is 10.1. The molecule has 0 atom stereocenters. The van der Waals surface area contributed by atoms with Crippen molar-refractivity contribution in [2.75, 3.05) is 11.9 Å². The lowest BCUT2D eigenvalue weighted by Crippen LogP contribution is -2.36. The van der Waals surface area contributed by atoms with Crippen molar-refractivity contribution in [2.24, 2.45) is 0 Å². The zero-order valence-corrected chi connectivity index (χ0v) is 13.3. The van der Waals surface area contributed by atoms with E-state index < -0.39 is 5.91 Å². The van der Waals surface area contributed by atoms with Gasteiger partial charge in [0.15, 0.2) is 0 Å². The minimum atomic E-state index is -0.561. The molecule has 2 heterocycles. The van der Waals surface area contributed by atoms with E-state index in [1.165, 1.54) is 0 Å². The molecule has 0 spiro atoms. The lowest BCUT2D eigenvalue weighted by molar-refractivity contribution is -0.141. The number of aryl methyl sites for hydroxylation is 2. The van der Waals surface area contributed by atoms with E-state index in [2.05, 4.69) is 15.5 Å². The summed E-state index contributed by atoms with van der Waals surface area (Å²) in [6.07, 6.45) is 0.285. The Labute approximate surface area is 137 Å². The SMILES string of the molecule is Cc1cc(C)cc(-c2nnc(NC(=O)CN3C(=O)CCC3=O)o2)c1. The first-order valence-corrected chi connectivity index (χ1v) is 7.47. The van der Waals surface area contributed by atoms with E-state index in [1.807, 2.05) is 32.0 Å². The number of hydrogen-bond acceptors (Lipinski definition) is 6. The number of carbonyl (C=O) groups is 3. The van der Waals surface area contributed by atoms with Crippen LogP contribution < -0.4 is 5.32 Å². The van der Waals surface area contributed by atoms with Crippen LogP contribution in [0.2, 0.25) is 0 Å². The number of anilines is 1. The molecule has 8 heteroatoms. The number of aromatic nitrogens is 2. The number of rotatable bonds is 4. The van der Waals surface area contributed by atoms with Gasteiger partial charge < -0.3 is 4.42 Å². The van der Waals surface area contributed by atoms with E-state index in [4.69, 9.17) is 4.42 Å². The smallest absolute Gasteiger partial charge is 0.322 e. The van der Waals surface area contributed by atoms with Crippen LogP contribution in [0, 0.1) is 13.8 Å². The van der Waals surface area contributed by atoms with Crippen molar-refractivity contribution < 1.29 is 18.8 Å². The second-order valence-corrected chi connectivity index (χ2v) is 5.71. The summed E-state index contributed by atoms with van der Waals surface area (Å²) in [5.41, 5.74) is 2.87. The summed E-state index contributed by atoms with van der Waals surface area (Å²) in [5.74, 6) is -0.979. The summed E-state index contributed by atoms with van der Waals surface area (Å²) in [7, 11) is 0.